The molecule has 1 N–H and O–H groups in total. The molecule has 2 aromatic heterocycles. The molecular weight excluding hydrogens is 560 g/mol. The summed E-state index contributed by atoms with van der Waals surface area (Å²) in [6.45, 7) is 11.9. The monoisotopic (exact) mass is 602 g/mol. The molecule has 232 valence electrons. The molecule has 0 atom stereocenters. The predicted octanol–water partition coefficient (Wildman–Crippen LogP) is 6.25. The van der Waals surface area contributed by atoms with Crippen LogP contribution in [0.2, 0.25) is 0 Å². The summed E-state index contributed by atoms with van der Waals surface area (Å²) in [7, 11) is 3.89. The molecule has 0 unspecified atom stereocenters. The molecule has 1 saturated heterocycles. The maximum atomic E-state index is 14.2. The average Bonchev–Trinajstić information content (AvgIpc) is 3.84. The van der Waals surface area contributed by atoms with Crippen LogP contribution in [0.1, 0.15) is 59.9 Å². The van der Waals surface area contributed by atoms with Gasteiger partial charge in [-0.1, -0.05) is 30.3 Å². The Balaban J connectivity index is 1.15. The molecule has 0 radical (unpaired) electrons. The number of carbonyl (C=O) groups excluding carboxylic acids is 1. The number of carbonyl (C=O) groups is 1. The van der Waals surface area contributed by atoms with Gasteiger partial charge >= 0.3 is 0 Å². The molecule has 5 aromatic rings. The first kappa shape index (κ1) is 29.4. The van der Waals surface area contributed by atoms with E-state index >= 15 is 0 Å². The lowest BCUT2D eigenvalue weighted by molar-refractivity contribution is 0.0994. The van der Waals surface area contributed by atoms with Gasteiger partial charge in [-0.2, -0.15) is 0 Å². The standard InChI is InChI=1S/C36H42N8O/c1-23(2)44-17-15-43(16-18-44)22-25-9-13-29(14-10-25)41(4)35(45)30-19-28(20-31-33(30)39-34(42(31)5)26-11-12-26)38-36-37-21-27-8-6-7-24(3)32(27)40-36/h6-10,13-14,19-21,23,26H,11-12,15-18,22H2,1-5H3,(H,37,38,40). The zero-order valence-corrected chi connectivity index (χ0v) is 26.9. The van der Waals surface area contributed by atoms with E-state index in [9.17, 15) is 4.79 Å². The molecule has 1 aliphatic carbocycles. The molecule has 2 aliphatic rings. The summed E-state index contributed by atoms with van der Waals surface area (Å²) < 4.78 is 2.14. The normalized spacial score (nSPS) is 16.1. The number of imidazole rings is 1. The number of anilines is 3. The summed E-state index contributed by atoms with van der Waals surface area (Å²) in [5.41, 5.74) is 7.07. The first-order valence-electron chi connectivity index (χ1n) is 16.1. The van der Waals surface area contributed by atoms with Crippen molar-refractivity contribution in [1.29, 1.82) is 0 Å². The molecule has 1 saturated carbocycles. The van der Waals surface area contributed by atoms with Gasteiger partial charge in [0.25, 0.3) is 5.91 Å². The quantitative estimate of drug-likeness (QED) is 0.225. The van der Waals surface area contributed by atoms with Crippen LogP contribution in [0.15, 0.2) is 60.8 Å². The minimum atomic E-state index is -0.100. The third-order valence-corrected chi connectivity index (χ3v) is 9.43. The molecule has 1 amide bonds. The van der Waals surface area contributed by atoms with Crippen molar-refractivity contribution < 1.29 is 4.79 Å². The van der Waals surface area contributed by atoms with Gasteiger partial charge in [0.05, 0.1) is 16.6 Å². The van der Waals surface area contributed by atoms with Crippen molar-refractivity contribution in [1.82, 2.24) is 29.3 Å². The number of nitrogens with zero attached hydrogens (tertiary/aromatic N) is 7. The predicted molar refractivity (Wildman–Crippen MR) is 181 cm³/mol. The van der Waals surface area contributed by atoms with E-state index in [1.54, 1.807) is 4.90 Å². The van der Waals surface area contributed by atoms with Crippen molar-refractivity contribution in [2.45, 2.75) is 52.1 Å². The lowest BCUT2D eigenvalue weighted by atomic mass is 10.1. The molecule has 7 rings (SSSR count). The smallest absolute Gasteiger partial charge is 0.260 e. The van der Waals surface area contributed by atoms with E-state index in [2.05, 4.69) is 62.8 Å². The number of aryl methyl sites for hydroxylation is 2. The van der Waals surface area contributed by atoms with Gasteiger partial charge in [0, 0.05) is 81.7 Å². The summed E-state index contributed by atoms with van der Waals surface area (Å²) in [5.74, 6) is 1.88. The molecule has 0 bridgehead atoms. The van der Waals surface area contributed by atoms with Crippen LogP contribution in [-0.2, 0) is 13.6 Å². The summed E-state index contributed by atoms with van der Waals surface area (Å²) >= 11 is 0. The topological polar surface area (TPSA) is 82.4 Å². The number of aromatic nitrogens is 4. The Kier molecular flexibility index (Phi) is 7.75. The highest BCUT2D eigenvalue weighted by molar-refractivity contribution is 6.13. The number of hydrogen-bond donors (Lipinski definition) is 1. The largest absolute Gasteiger partial charge is 0.331 e. The van der Waals surface area contributed by atoms with Crippen LogP contribution in [-0.4, -0.2) is 74.5 Å². The SMILES string of the molecule is Cc1cccc2cnc(Nc3cc(C(=O)N(C)c4ccc(CN5CCN(C(C)C)CC5)cc4)c4nc(C5CC5)n(C)c4c3)nc12. The van der Waals surface area contributed by atoms with Gasteiger partial charge in [0.1, 0.15) is 11.3 Å². The zero-order valence-electron chi connectivity index (χ0n) is 26.9. The molecule has 9 nitrogen and oxygen atoms in total. The van der Waals surface area contributed by atoms with Crippen LogP contribution < -0.4 is 10.2 Å². The van der Waals surface area contributed by atoms with Crippen LogP contribution in [0, 0.1) is 6.92 Å². The first-order valence-corrected chi connectivity index (χ1v) is 16.1. The lowest BCUT2D eigenvalue weighted by Crippen LogP contribution is -2.48. The second-order valence-electron chi connectivity index (χ2n) is 13.0. The average molecular weight is 603 g/mol. The fourth-order valence-electron chi connectivity index (χ4n) is 6.46. The minimum Gasteiger partial charge on any atom is -0.331 e. The summed E-state index contributed by atoms with van der Waals surface area (Å²) in [6.07, 6.45) is 4.10. The number of hydrogen-bond acceptors (Lipinski definition) is 7. The van der Waals surface area contributed by atoms with E-state index in [0.717, 1.165) is 90.3 Å². The van der Waals surface area contributed by atoms with E-state index in [4.69, 9.17) is 9.97 Å². The third-order valence-electron chi connectivity index (χ3n) is 9.43. The Labute approximate surface area is 264 Å². The Morgan fingerprint density at radius 2 is 1.76 bits per heavy atom. The Hall–Kier alpha value is -4.34. The lowest BCUT2D eigenvalue weighted by Gasteiger charge is -2.37. The number of fused-ring (bicyclic) bond motifs is 2. The summed E-state index contributed by atoms with van der Waals surface area (Å²) in [6, 6.07) is 19.0. The van der Waals surface area contributed by atoms with Gasteiger partial charge < -0.3 is 14.8 Å². The molecule has 3 aromatic carbocycles. The molecule has 0 spiro atoms. The number of rotatable bonds is 8. The van der Waals surface area contributed by atoms with Crippen LogP contribution in [0.25, 0.3) is 21.9 Å². The van der Waals surface area contributed by atoms with E-state index in [-0.39, 0.29) is 5.91 Å². The highest BCUT2D eigenvalue weighted by Gasteiger charge is 2.30. The molecule has 1 aliphatic heterocycles. The maximum absolute atomic E-state index is 14.2. The maximum Gasteiger partial charge on any atom is 0.260 e. The van der Waals surface area contributed by atoms with E-state index in [1.807, 2.05) is 57.5 Å². The van der Waals surface area contributed by atoms with Gasteiger partial charge in [0.2, 0.25) is 5.95 Å². The van der Waals surface area contributed by atoms with Crippen molar-refractivity contribution in [3.63, 3.8) is 0 Å². The van der Waals surface area contributed by atoms with Gasteiger partial charge in [-0.25, -0.2) is 15.0 Å². The molecule has 2 fully saturated rings. The summed E-state index contributed by atoms with van der Waals surface area (Å²) in [4.78, 5) is 35.3. The first-order chi connectivity index (χ1) is 21.7. The minimum absolute atomic E-state index is 0.100. The second-order valence-corrected chi connectivity index (χ2v) is 13.0. The van der Waals surface area contributed by atoms with E-state index in [0.29, 0.717) is 23.5 Å². The van der Waals surface area contributed by atoms with Gasteiger partial charge in [0.15, 0.2) is 0 Å². The van der Waals surface area contributed by atoms with Crippen molar-refractivity contribution >= 4 is 45.2 Å². The zero-order chi connectivity index (χ0) is 31.2. The Bertz CT molecular complexity index is 1870. The van der Waals surface area contributed by atoms with Crippen molar-refractivity contribution in [2.75, 3.05) is 43.4 Å². The number of para-hydroxylation sites is 1. The van der Waals surface area contributed by atoms with Crippen molar-refractivity contribution in [3.8, 4) is 0 Å². The third kappa shape index (κ3) is 5.90. The fraction of sp³-hybridized carbons (Fsp3) is 0.389. The van der Waals surface area contributed by atoms with Gasteiger partial charge in [-0.3, -0.25) is 14.6 Å². The van der Waals surface area contributed by atoms with E-state index < -0.39 is 0 Å². The number of piperazine rings is 1. The van der Waals surface area contributed by atoms with Crippen molar-refractivity contribution in [2.24, 2.45) is 7.05 Å². The van der Waals surface area contributed by atoms with Gasteiger partial charge in [-0.05, 0) is 69.0 Å². The van der Waals surface area contributed by atoms with Crippen molar-refractivity contribution in [3.05, 3.63) is 83.3 Å². The summed E-state index contributed by atoms with van der Waals surface area (Å²) in [5, 5.41) is 4.38. The van der Waals surface area contributed by atoms with Crippen LogP contribution in [0.5, 0.6) is 0 Å². The number of amides is 1. The van der Waals surface area contributed by atoms with E-state index in [1.165, 1.54) is 5.56 Å². The highest BCUT2D eigenvalue weighted by atomic mass is 16.2. The van der Waals surface area contributed by atoms with Crippen LogP contribution in [0.3, 0.4) is 0 Å². The van der Waals surface area contributed by atoms with Crippen LogP contribution in [0.4, 0.5) is 17.3 Å². The molecule has 45 heavy (non-hydrogen) atoms. The Morgan fingerprint density at radius 1 is 1.00 bits per heavy atom. The molecule has 9 heteroatoms. The molecular formula is C36H42N8O. The van der Waals surface area contributed by atoms with Crippen LogP contribution >= 0.6 is 0 Å². The highest BCUT2D eigenvalue weighted by Crippen LogP contribution is 2.41. The molecule has 3 heterocycles. The number of nitrogens with one attached hydrogen (secondary N) is 1. The van der Waals surface area contributed by atoms with Gasteiger partial charge in [-0.15, -0.1) is 0 Å². The number of benzene rings is 3. The Morgan fingerprint density at radius 3 is 2.47 bits per heavy atom. The fourth-order valence-corrected chi connectivity index (χ4v) is 6.46. The second kappa shape index (κ2) is 11.9.